The molecule has 0 aliphatic heterocycles. The Morgan fingerprint density at radius 1 is 1.42 bits per heavy atom. The molecule has 1 aromatic carbocycles. The fraction of sp³-hybridized carbons (Fsp3) is 0.600. The Balaban J connectivity index is 2.33. The van der Waals surface area contributed by atoms with Gasteiger partial charge in [0.1, 0.15) is 0 Å². The van der Waals surface area contributed by atoms with Crippen LogP contribution >= 0.6 is 11.6 Å². The minimum Gasteiger partial charge on any atom is -0.373 e. The zero-order valence-corrected chi connectivity index (χ0v) is 12.5. The van der Waals surface area contributed by atoms with E-state index in [-0.39, 0.29) is 11.6 Å². The van der Waals surface area contributed by atoms with Crippen molar-refractivity contribution in [3.8, 4) is 0 Å². The van der Waals surface area contributed by atoms with Crippen molar-refractivity contribution < 1.29 is 4.74 Å². The van der Waals surface area contributed by atoms with E-state index < -0.39 is 0 Å². The normalized spacial score (nSPS) is 19.6. The summed E-state index contributed by atoms with van der Waals surface area (Å²) >= 11 is 6.23. The number of ether oxygens (including phenoxy) is 1. The predicted octanol–water partition coefficient (Wildman–Crippen LogP) is 3.50. The fourth-order valence-electron chi connectivity index (χ4n) is 3.12. The Kier molecular flexibility index (Phi) is 4.85. The molecule has 1 aliphatic carbocycles. The number of hydrogen-bond acceptors (Lipinski definition) is 3. The van der Waals surface area contributed by atoms with Gasteiger partial charge in [0.05, 0.1) is 11.6 Å². The predicted molar refractivity (Wildman–Crippen MR) is 79.1 cm³/mol. The molecule has 3 nitrogen and oxygen atoms in total. The molecule has 1 saturated carbocycles. The average Bonchev–Trinajstić information content (AvgIpc) is 2.84. The molecule has 0 amide bonds. The van der Waals surface area contributed by atoms with Gasteiger partial charge >= 0.3 is 0 Å². The maximum Gasteiger partial charge on any atom is 0.0889 e. The van der Waals surface area contributed by atoms with Crippen LogP contribution in [0.15, 0.2) is 18.2 Å². The zero-order chi connectivity index (χ0) is 13.9. The Morgan fingerprint density at radius 3 is 2.63 bits per heavy atom. The lowest BCUT2D eigenvalue weighted by Crippen LogP contribution is -2.47. The van der Waals surface area contributed by atoms with Crippen LogP contribution in [0.25, 0.3) is 0 Å². The van der Waals surface area contributed by atoms with Crippen LogP contribution in [0.3, 0.4) is 0 Å². The summed E-state index contributed by atoms with van der Waals surface area (Å²) in [4.78, 5) is 0. The van der Waals surface area contributed by atoms with Gasteiger partial charge in [0.2, 0.25) is 0 Å². The molecule has 19 heavy (non-hydrogen) atoms. The van der Waals surface area contributed by atoms with Crippen LogP contribution < -0.4 is 11.3 Å². The van der Waals surface area contributed by atoms with Crippen molar-refractivity contribution in [1.29, 1.82) is 0 Å². The number of aryl methyl sites for hydroxylation is 1. The Morgan fingerprint density at radius 2 is 2.11 bits per heavy atom. The van der Waals surface area contributed by atoms with Crippen LogP contribution in [0, 0.1) is 6.92 Å². The third-order valence-electron chi connectivity index (χ3n) is 4.10. The molecule has 1 atom stereocenters. The smallest absolute Gasteiger partial charge is 0.0889 e. The Labute approximate surface area is 120 Å². The Bertz CT molecular complexity index is 430. The van der Waals surface area contributed by atoms with Crippen LogP contribution in [-0.2, 0) is 4.74 Å². The van der Waals surface area contributed by atoms with Crippen molar-refractivity contribution in [2.75, 3.05) is 6.61 Å². The standard InChI is InChI=1S/C15H23ClN2O/c1-3-19-15(8-4-5-9-15)14(18-17)12-7-6-11(2)13(16)10-12/h6-7,10,14,18H,3-5,8-9,17H2,1-2H3. The molecule has 2 rings (SSSR count). The van der Waals surface area contributed by atoms with Crippen LogP contribution in [0.5, 0.6) is 0 Å². The highest BCUT2D eigenvalue weighted by molar-refractivity contribution is 6.31. The van der Waals surface area contributed by atoms with Crippen molar-refractivity contribution in [3.05, 3.63) is 34.3 Å². The molecule has 0 saturated heterocycles. The summed E-state index contributed by atoms with van der Waals surface area (Å²) in [7, 11) is 0. The largest absolute Gasteiger partial charge is 0.373 e. The van der Waals surface area contributed by atoms with E-state index in [4.69, 9.17) is 22.2 Å². The topological polar surface area (TPSA) is 47.3 Å². The minimum absolute atomic E-state index is 0.00644. The minimum atomic E-state index is -0.192. The van der Waals surface area contributed by atoms with Gasteiger partial charge in [-0.15, -0.1) is 0 Å². The maximum atomic E-state index is 6.23. The molecule has 0 spiro atoms. The van der Waals surface area contributed by atoms with Crippen molar-refractivity contribution in [1.82, 2.24) is 5.43 Å². The summed E-state index contributed by atoms with van der Waals surface area (Å²) in [5, 5.41) is 0.780. The summed E-state index contributed by atoms with van der Waals surface area (Å²) in [6, 6.07) is 6.12. The van der Waals surface area contributed by atoms with Gasteiger partial charge in [0, 0.05) is 11.6 Å². The number of nitrogens with two attached hydrogens (primary N) is 1. The molecule has 0 heterocycles. The number of halogens is 1. The van der Waals surface area contributed by atoms with E-state index in [0.29, 0.717) is 6.61 Å². The van der Waals surface area contributed by atoms with Crippen molar-refractivity contribution >= 4 is 11.6 Å². The second-order valence-corrected chi connectivity index (χ2v) is 5.72. The molecule has 0 bridgehead atoms. The molecule has 1 unspecified atom stereocenters. The van der Waals surface area contributed by atoms with E-state index in [1.54, 1.807) is 0 Å². The zero-order valence-electron chi connectivity index (χ0n) is 11.7. The van der Waals surface area contributed by atoms with Gasteiger partial charge in [0.15, 0.2) is 0 Å². The lowest BCUT2D eigenvalue weighted by atomic mass is 9.86. The molecule has 106 valence electrons. The first kappa shape index (κ1) is 14.8. The van der Waals surface area contributed by atoms with Crippen molar-refractivity contribution in [2.24, 2.45) is 5.84 Å². The van der Waals surface area contributed by atoms with Gasteiger partial charge in [-0.3, -0.25) is 11.3 Å². The summed E-state index contributed by atoms with van der Waals surface area (Å²) in [6.07, 6.45) is 4.47. The van der Waals surface area contributed by atoms with Crippen LogP contribution in [0.1, 0.15) is 49.8 Å². The number of benzene rings is 1. The average molecular weight is 283 g/mol. The lowest BCUT2D eigenvalue weighted by molar-refractivity contribution is -0.0627. The van der Waals surface area contributed by atoms with Gasteiger partial charge < -0.3 is 4.74 Å². The van der Waals surface area contributed by atoms with Gasteiger partial charge in [-0.25, -0.2) is 0 Å². The first-order chi connectivity index (χ1) is 9.13. The highest BCUT2D eigenvalue weighted by Gasteiger charge is 2.42. The first-order valence-corrected chi connectivity index (χ1v) is 7.37. The quantitative estimate of drug-likeness (QED) is 0.642. The van der Waals surface area contributed by atoms with E-state index in [9.17, 15) is 0 Å². The number of rotatable bonds is 5. The number of nitrogens with one attached hydrogen (secondary N) is 1. The van der Waals surface area contributed by atoms with E-state index >= 15 is 0 Å². The van der Waals surface area contributed by atoms with Gasteiger partial charge in [-0.2, -0.15) is 0 Å². The number of hydrogen-bond donors (Lipinski definition) is 2. The maximum absolute atomic E-state index is 6.23. The number of hydrazine groups is 1. The van der Waals surface area contributed by atoms with E-state index in [1.165, 1.54) is 12.8 Å². The SMILES string of the molecule is CCOC1(C(NN)c2ccc(C)c(Cl)c2)CCCC1. The van der Waals surface area contributed by atoms with E-state index in [2.05, 4.69) is 11.5 Å². The molecule has 0 radical (unpaired) electrons. The second-order valence-electron chi connectivity index (χ2n) is 5.31. The van der Waals surface area contributed by atoms with Gasteiger partial charge in [0.25, 0.3) is 0 Å². The summed E-state index contributed by atoms with van der Waals surface area (Å²) in [5.74, 6) is 5.82. The molecule has 4 heteroatoms. The van der Waals surface area contributed by atoms with Crippen molar-refractivity contribution in [3.63, 3.8) is 0 Å². The monoisotopic (exact) mass is 282 g/mol. The van der Waals surface area contributed by atoms with Crippen LogP contribution in [0.4, 0.5) is 0 Å². The van der Waals surface area contributed by atoms with Crippen molar-refractivity contribution in [2.45, 2.75) is 51.2 Å². The Hall–Kier alpha value is -0.610. The molecular formula is C15H23ClN2O. The highest BCUT2D eigenvalue weighted by atomic mass is 35.5. The summed E-state index contributed by atoms with van der Waals surface area (Å²) < 4.78 is 6.08. The van der Waals surface area contributed by atoms with Crippen LogP contribution in [0.2, 0.25) is 5.02 Å². The van der Waals surface area contributed by atoms with Crippen LogP contribution in [-0.4, -0.2) is 12.2 Å². The van der Waals surface area contributed by atoms with E-state index in [1.807, 2.05) is 26.0 Å². The second kappa shape index (κ2) is 6.23. The van der Waals surface area contributed by atoms with Gasteiger partial charge in [-0.05, 0) is 43.9 Å². The molecular weight excluding hydrogens is 260 g/mol. The van der Waals surface area contributed by atoms with Gasteiger partial charge in [-0.1, -0.05) is 36.6 Å². The third kappa shape index (κ3) is 2.95. The summed E-state index contributed by atoms with van der Waals surface area (Å²) in [5.41, 5.74) is 4.94. The fourth-order valence-corrected chi connectivity index (χ4v) is 3.31. The molecule has 1 aromatic rings. The van der Waals surface area contributed by atoms with E-state index in [0.717, 1.165) is 29.0 Å². The highest BCUT2D eigenvalue weighted by Crippen LogP contribution is 2.43. The third-order valence-corrected chi connectivity index (χ3v) is 4.51. The molecule has 1 fully saturated rings. The molecule has 3 N–H and O–H groups in total. The first-order valence-electron chi connectivity index (χ1n) is 6.99. The molecule has 0 aromatic heterocycles. The summed E-state index contributed by atoms with van der Waals surface area (Å²) in [6.45, 7) is 4.75. The molecule has 1 aliphatic rings. The lowest BCUT2D eigenvalue weighted by Gasteiger charge is -2.37.